The van der Waals surface area contributed by atoms with E-state index in [0.29, 0.717) is 32.2 Å². The van der Waals surface area contributed by atoms with Crippen molar-refractivity contribution >= 4 is 35.2 Å². The van der Waals surface area contributed by atoms with Gasteiger partial charge in [-0.3, -0.25) is 9.59 Å². The molecule has 2 amide bonds. The van der Waals surface area contributed by atoms with Crippen molar-refractivity contribution in [2.45, 2.75) is 9.79 Å². The fraction of sp³-hybridized carbons (Fsp3) is 0.0833. The summed E-state index contributed by atoms with van der Waals surface area (Å²) in [6, 6.07) is 22.4. The summed E-state index contributed by atoms with van der Waals surface area (Å²) < 4.78 is 5.18. The van der Waals surface area contributed by atoms with Crippen LogP contribution in [0, 0.1) is 11.3 Å². The summed E-state index contributed by atoms with van der Waals surface area (Å²) in [5, 5.41) is 14.4. The van der Waals surface area contributed by atoms with Crippen LogP contribution in [0.4, 0.5) is 5.69 Å². The monoisotopic (exact) mass is 445 g/mol. The Morgan fingerprint density at radius 2 is 1.59 bits per heavy atom. The number of ether oxygens (including phenoxy) is 1. The average molecular weight is 446 g/mol. The second kappa shape index (κ2) is 10.8. The van der Waals surface area contributed by atoms with Gasteiger partial charge in [0.25, 0.3) is 11.8 Å². The molecule has 0 aliphatic heterocycles. The standard InChI is InChI=1S/C24H19N3O4S/c1-26-23(29)16-10-12-18(13-11-16)27-22(28)15-31-24(30)19-7-3-5-9-21(19)32-20-8-4-2-6-17(20)14-25/h2-13H,15H2,1H3,(H,26,29)(H,27,28). The maximum atomic E-state index is 12.6. The Hall–Kier alpha value is -4.09. The van der Waals surface area contributed by atoms with Gasteiger partial charge in [0, 0.05) is 28.1 Å². The topological polar surface area (TPSA) is 108 Å². The summed E-state index contributed by atoms with van der Waals surface area (Å²) >= 11 is 1.28. The Labute approximate surface area is 189 Å². The van der Waals surface area contributed by atoms with E-state index in [1.54, 1.807) is 66.7 Å². The van der Waals surface area contributed by atoms with Gasteiger partial charge in [0.2, 0.25) is 0 Å². The normalized spacial score (nSPS) is 10.0. The minimum Gasteiger partial charge on any atom is -0.452 e. The lowest BCUT2D eigenvalue weighted by molar-refractivity contribution is -0.119. The van der Waals surface area contributed by atoms with E-state index in [1.807, 2.05) is 6.07 Å². The van der Waals surface area contributed by atoms with Crippen molar-refractivity contribution in [3.8, 4) is 6.07 Å². The molecule has 32 heavy (non-hydrogen) atoms. The van der Waals surface area contributed by atoms with Crippen molar-refractivity contribution in [1.82, 2.24) is 5.32 Å². The van der Waals surface area contributed by atoms with Gasteiger partial charge in [0.1, 0.15) is 6.07 Å². The highest BCUT2D eigenvalue weighted by Crippen LogP contribution is 2.32. The lowest BCUT2D eigenvalue weighted by atomic mass is 10.2. The molecule has 0 heterocycles. The highest BCUT2D eigenvalue weighted by molar-refractivity contribution is 7.99. The van der Waals surface area contributed by atoms with E-state index in [0.717, 1.165) is 0 Å². The molecule has 2 N–H and O–H groups in total. The first-order valence-corrected chi connectivity index (χ1v) is 10.4. The molecule has 0 fully saturated rings. The summed E-state index contributed by atoms with van der Waals surface area (Å²) in [6.45, 7) is -0.468. The number of anilines is 1. The van der Waals surface area contributed by atoms with Crippen molar-refractivity contribution in [2.24, 2.45) is 0 Å². The minimum atomic E-state index is -0.646. The molecule has 3 aromatic rings. The number of esters is 1. The van der Waals surface area contributed by atoms with Gasteiger partial charge in [-0.05, 0) is 48.5 Å². The van der Waals surface area contributed by atoms with Crippen LogP contribution in [-0.4, -0.2) is 31.4 Å². The van der Waals surface area contributed by atoms with Crippen LogP contribution >= 0.6 is 11.8 Å². The van der Waals surface area contributed by atoms with Crippen molar-refractivity contribution in [3.05, 3.63) is 89.5 Å². The molecule has 3 rings (SSSR count). The predicted octanol–water partition coefficient (Wildman–Crippen LogP) is 3.86. The second-order valence-electron chi connectivity index (χ2n) is 6.49. The van der Waals surface area contributed by atoms with E-state index in [4.69, 9.17) is 4.74 Å². The molecule has 160 valence electrons. The largest absolute Gasteiger partial charge is 0.452 e. The molecule has 3 aromatic carbocycles. The molecule has 0 saturated heterocycles. The summed E-state index contributed by atoms with van der Waals surface area (Å²) in [7, 11) is 1.53. The van der Waals surface area contributed by atoms with E-state index < -0.39 is 18.5 Å². The van der Waals surface area contributed by atoms with Gasteiger partial charge in [0.05, 0.1) is 11.1 Å². The first kappa shape index (κ1) is 22.6. The lowest BCUT2D eigenvalue weighted by Gasteiger charge is -2.10. The van der Waals surface area contributed by atoms with Gasteiger partial charge in [0.15, 0.2) is 6.61 Å². The van der Waals surface area contributed by atoms with Gasteiger partial charge in [-0.1, -0.05) is 36.0 Å². The predicted molar refractivity (Wildman–Crippen MR) is 120 cm³/mol. The zero-order valence-corrected chi connectivity index (χ0v) is 17.9. The van der Waals surface area contributed by atoms with Gasteiger partial charge < -0.3 is 15.4 Å². The minimum absolute atomic E-state index is 0.231. The maximum absolute atomic E-state index is 12.6. The average Bonchev–Trinajstić information content (AvgIpc) is 2.83. The van der Waals surface area contributed by atoms with Crippen LogP contribution in [0.2, 0.25) is 0 Å². The number of carbonyl (C=O) groups excluding carboxylic acids is 3. The molecule has 0 spiro atoms. The first-order chi connectivity index (χ1) is 15.5. The molecule has 0 atom stereocenters. The number of nitrogens with one attached hydrogen (secondary N) is 2. The zero-order valence-electron chi connectivity index (χ0n) is 17.1. The van der Waals surface area contributed by atoms with E-state index in [9.17, 15) is 19.6 Å². The van der Waals surface area contributed by atoms with Crippen LogP contribution in [0.5, 0.6) is 0 Å². The van der Waals surface area contributed by atoms with Crippen molar-refractivity contribution in [1.29, 1.82) is 5.26 Å². The molecular formula is C24H19N3O4S. The quantitative estimate of drug-likeness (QED) is 0.535. The van der Waals surface area contributed by atoms with Crippen molar-refractivity contribution in [2.75, 3.05) is 19.0 Å². The summed E-state index contributed by atoms with van der Waals surface area (Å²) in [6.07, 6.45) is 0. The highest BCUT2D eigenvalue weighted by atomic mass is 32.2. The van der Waals surface area contributed by atoms with Gasteiger partial charge in [-0.25, -0.2) is 4.79 Å². The molecule has 8 heteroatoms. The summed E-state index contributed by atoms with van der Waals surface area (Å²) in [4.78, 5) is 37.7. The fourth-order valence-electron chi connectivity index (χ4n) is 2.75. The van der Waals surface area contributed by atoms with E-state index in [2.05, 4.69) is 16.7 Å². The van der Waals surface area contributed by atoms with E-state index in [1.165, 1.54) is 18.8 Å². The van der Waals surface area contributed by atoms with Gasteiger partial charge >= 0.3 is 5.97 Å². The number of hydrogen-bond donors (Lipinski definition) is 2. The molecule has 0 aromatic heterocycles. The summed E-state index contributed by atoms with van der Waals surface area (Å²) in [5.41, 5.74) is 1.74. The second-order valence-corrected chi connectivity index (χ2v) is 7.57. The third kappa shape index (κ3) is 5.74. The molecule has 7 nitrogen and oxygen atoms in total. The number of nitriles is 1. The van der Waals surface area contributed by atoms with Gasteiger partial charge in [-0.2, -0.15) is 5.26 Å². The Kier molecular flexibility index (Phi) is 7.62. The Morgan fingerprint density at radius 1 is 0.938 bits per heavy atom. The van der Waals surface area contributed by atoms with E-state index in [-0.39, 0.29) is 5.91 Å². The van der Waals surface area contributed by atoms with E-state index >= 15 is 0 Å². The number of hydrogen-bond acceptors (Lipinski definition) is 6. The van der Waals surface area contributed by atoms with Crippen molar-refractivity contribution < 1.29 is 19.1 Å². The Balaban J connectivity index is 1.62. The van der Waals surface area contributed by atoms with Crippen LogP contribution in [0.15, 0.2) is 82.6 Å². The lowest BCUT2D eigenvalue weighted by Crippen LogP contribution is -2.21. The maximum Gasteiger partial charge on any atom is 0.339 e. The molecule has 0 aliphatic carbocycles. The molecule has 0 aliphatic rings. The fourth-order valence-corrected chi connectivity index (χ4v) is 3.76. The van der Waals surface area contributed by atoms with Crippen LogP contribution in [0.1, 0.15) is 26.3 Å². The Morgan fingerprint density at radius 3 is 2.28 bits per heavy atom. The summed E-state index contributed by atoms with van der Waals surface area (Å²) in [5.74, 6) is -1.38. The smallest absolute Gasteiger partial charge is 0.339 e. The third-order valence-corrected chi connectivity index (χ3v) is 5.48. The molecule has 0 saturated carbocycles. The van der Waals surface area contributed by atoms with Crippen LogP contribution in [0.25, 0.3) is 0 Å². The Bertz CT molecular complexity index is 1190. The number of carbonyl (C=O) groups is 3. The SMILES string of the molecule is CNC(=O)c1ccc(NC(=O)COC(=O)c2ccccc2Sc2ccccc2C#N)cc1. The number of rotatable bonds is 7. The van der Waals surface area contributed by atoms with Crippen LogP contribution in [0.3, 0.4) is 0 Å². The third-order valence-electron chi connectivity index (χ3n) is 4.33. The zero-order chi connectivity index (χ0) is 22.9. The molecular weight excluding hydrogens is 426 g/mol. The molecule has 0 radical (unpaired) electrons. The van der Waals surface area contributed by atoms with Gasteiger partial charge in [-0.15, -0.1) is 0 Å². The number of nitrogens with zero attached hydrogens (tertiary/aromatic N) is 1. The first-order valence-electron chi connectivity index (χ1n) is 9.57. The molecule has 0 unspecified atom stereocenters. The van der Waals surface area contributed by atoms with Crippen molar-refractivity contribution in [3.63, 3.8) is 0 Å². The number of benzene rings is 3. The molecule has 0 bridgehead atoms. The highest BCUT2D eigenvalue weighted by Gasteiger charge is 2.16. The van der Waals surface area contributed by atoms with Crippen LogP contribution in [-0.2, 0) is 9.53 Å². The van der Waals surface area contributed by atoms with Crippen LogP contribution < -0.4 is 10.6 Å². The number of amides is 2.